The highest BCUT2D eigenvalue weighted by Crippen LogP contribution is 2.28. The van der Waals surface area contributed by atoms with E-state index < -0.39 is 0 Å². The Labute approximate surface area is 148 Å². The molecule has 0 saturated heterocycles. The van der Waals surface area contributed by atoms with E-state index in [0.29, 0.717) is 29.5 Å². The van der Waals surface area contributed by atoms with Gasteiger partial charge in [-0.05, 0) is 42.8 Å². The van der Waals surface area contributed by atoms with Crippen molar-refractivity contribution in [1.29, 1.82) is 0 Å². The van der Waals surface area contributed by atoms with Crippen molar-refractivity contribution in [2.45, 2.75) is 13.3 Å². The molecule has 2 aromatic rings. The van der Waals surface area contributed by atoms with Gasteiger partial charge in [0.15, 0.2) is 0 Å². The molecule has 0 saturated carbocycles. The van der Waals surface area contributed by atoms with E-state index in [1.807, 2.05) is 24.3 Å². The third-order valence-electron chi connectivity index (χ3n) is 3.46. The van der Waals surface area contributed by atoms with E-state index in [0.717, 1.165) is 12.2 Å². The highest BCUT2D eigenvalue weighted by atomic mass is 16.5. The van der Waals surface area contributed by atoms with Crippen LogP contribution in [0.3, 0.4) is 0 Å². The summed E-state index contributed by atoms with van der Waals surface area (Å²) in [7, 11) is 3.17. The zero-order valence-corrected chi connectivity index (χ0v) is 14.8. The number of ether oxygens (including phenoxy) is 3. The topological polar surface area (TPSA) is 68.8 Å². The van der Waals surface area contributed by atoms with Crippen LogP contribution in [-0.4, -0.2) is 33.3 Å². The summed E-state index contributed by atoms with van der Waals surface area (Å²) in [5.41, 5.74) is 1.41. The molecule has 134 valence electrons. The normalized spacial score (nSPS) is 10.0. The zero-order chi connectivity index (χ0) is 18.1. The molecule has 0 radical (unpaired) electrons. The summed E-state index contributed by atoms with van der Waals surface area (Å²) in [6.07, 6.45) is 0.956. The number of rotatable bonds is 9. The van der Waals surface area contributed by atoms with Gasteiger partial charge in [0.1, 0.15) is 17.2 Å². The Morgan fingerprint density at radius 1 is 1.00 bits per heavy atom. The summed E-state index contributed by atoms with van der Waals surface area (Å²) in [5.74, 6) is 1.96. The Balaban J connectivity index is 1.90. The lowest BCUT2D eigenvalue weighted by atomic mass is 10.2. The Morgan fingerprint density at radius 3 is 2.36 bits per heavy atom. The van der Waals surface area contributed by atoms with E-state index in [9.17, 15) is 4.79 Å². The van der Waals surface area contributed by atoms with E-state index in [4.69, 9.17) is 14.2 Å². The lowest BCUT2D eigenvalue weighted by molar-refractivity contribution is -0.114. The molecule has 0 aliphatic rings. The monoisotopic (exact) mass is 344 g/mol. The van der Waals surface area contributed by atoms with Gasteiger partial charge in [0.25, 0.3) is 0 Å². The Bertz CT molecular complexity index is 686. The van der Waals surface area contributed by atoms with Crippen molar-refractivity contribution in [3.8, 4) is 17.2 Å². The van der Waals surface area contributed by atoms with Crippen LogP contribution in [0.5, 0.6) is 17.2 Å². The van der Waals surface area contributed by atoms with Crippen LogP contribution in [0.25, 0.3) is 0 Å². The molecule has 6 nitrogen and oxygen atoms in total. The number of methoxy groups -OCH3 is 2. The largest absolute Gasteiger partial charge is 0.497 e. The minimum Gasteiger partial charge on any atom is -0.497 e. The van der Waals surface area contributed by atoms with Gasteiger partial charge >= 0.3 is 0 Å². The minimum atomic E-state index is -0.160. The first kappa shape index (κ1) is 18.4. The lowest BCUT2D eigenvalue weighted by Gasteiger charge is -2.13. The molecular weight excluding hydrogens is 320 g/mol. The van der Waals surface area contributed by atoms with Crippen LogP contribution in [0.2, 0.25) is 0 Å². The van der Waals surface area contributed by atoms with E-state index >= 15 is 0 Å². The van der Waals surface area contributed by atoms with Crippen molar-refractivity contribution in [3.05, 3.63) is 42.5 Å². The predicted octanol–water partition coefficient (Wildman–Crippen LogP) is 3.54. The molecule has 0 unspecified atom stereocenters. The number of amides is 1. The molecule has 0 spiro atoms. The molecule has 0 aliphatic heterocycles. The molecular formula is C19H24N2O4. The van der Waals surface area contributed by atoms with Crippen molar-refractivity contribution in [2.75, 3.05) is 38.0 Å². The lowest BCUT2D eigenvalue weighted by Crippen LogP contribution is -2.21. The molecule has 0 heterocycles. The number of anilines is 2. The number of carbonyl (C=O) groups excluding carboxylic acids is 1. The second-order valence-electron chi connectivity index (χ2n) is 5.34. The van der Waals surface area contributed by atoms with E-state index in [2.05, 4.69) is 17.6 Å². The highest BCUT2D eigenvalue weighted by molar-refractivity contribution is 5.94. The second-order valence-corrected chi connectivity index (χ2v) is 5.34. The molecule has 0 aliphatic carbocycles. The number of carbonyl (C=O) groups is 1. The number of benzene rings is 2. The molecule has 6 heteroatoms. The first-order valence-electron chi connectivity index (χ1n) is 8.15. The van der Waals surface area contributed by atoms with Gasteiger partial charge in [0.2, 0.25) is 5.91 Å². The highest BCUT2D eigenvalue weighted by Gasteiger charge is 2.08. The standard InChI is InChI=1S/C19H24N2O4/c1-4-11-25-15-7-5-14(6-8-15)21-19(22)13-20-17-12-16(23-2)9-10-18(17)24-3/h5-10,12,20H,4,11,13H2,1-3H3,(H,21,22). The molecule has 25 heavy (non-hydrogen) atoms. The van der Waals surface area contributed by atoms with Gasteiger partial charge in [-0.2, -0.15) is 0 Å². The van der Waals surface area contributed by atoms with Crippen LogP contribution >= 0.6 is 0 Å². The molecule has 0 fully saturated rings. The van der Waals surface area contributed by atoms with Crippen molar-refractivity contribution in [1.82, 2.24) is 0 Å². The Hall–Kier alpha value is -2.89. The third kappa shape index (κ3) is 5.60. The van der Waals surface area contributed by atoms with Gasteiger partial charge in [0.05, 0.1) is 33.1 Å². The Morgan fingerprint density at radius 2 is 1.72 bits per heavy atom. The van der Waals surface area contributed by atoms with Gasteiger partial charge in [-0.1, -0.05) is 6.92 Å². The Kier molecular flexibility index (Phi) is 6.95. The summed E-state index contributed by atoms with van der Waals surface area (Å²) in [4.78, 5) is 12.1. The van der Waals surface area contributed by atoms with E-state index in [1.54, 1.807) is 32.4 Å². The maximum atomic E-state index is 12.1. The van der Waals surface area contributed by atoms with Crippen LogP contribution in [0.1, 0.15) is 13.3 Å². The van der Waals surface area contributed by atoms with Crippen LogP contribution in [0, 0.1) is 0 Å². The fourth-order valence-electron chi connectivity index (χ4n) is 2.19. The first-order chi connectivity index (χ1) is 12.2. The average Bonchev–Trinajstić information content (AvgIpc) is 2.65. The summed E-state index contributed by atoms with van der Waals surface area (Å²) < 4.78 is 16.0. The predicted molar refractivity (Wildman–Crippen MR) is 98.9 cm³/mol. The van der Waals surface area contributed by atoms with Gasteiger partial charge < -0.3 is 24.8 Å². The fraction of sp³-hybridized carbons (Fsp3) is 0.316. The molecule has 2 aromatic carbocycles. The molecule has 2 rings (SSSR count). The summed E-state index contributed by atoms with van der Waals surface area (Å²) in [6, 6.07) is 12.7. The second kappa shape index (κ2) is 9.42. The summed E-state index contributed by atoms with van der Waals surface area (Å²) in [6.45, 7) is 2.84. The maximum absolute atomic E-state index is 12.1. The van der Waals surface area contributed by atoms with Crippen molar-refractivity contribution < 1.29 is 19.0 Å². The molecule has 2 N–H and O–H groups in total. The van der Waals surface area contributed by atoms with Crippen molar-refractivity contribution in [2.24, 2.45) is 0 Å². The van der Waals surface area contributed by atoms with E-state index in [-0.39, 0.29) is 12.5 Å². The molecule has 1 amide bonds. The van der Waals surface area contributed by atoms with Gasteiger partial charge in [0, 0.05) is 11.8 Å². The fourth-order valence-corrected chi connectivity index (χ4v) is 2.19. The number of hydrogen-bond acceptors (Lipinski definition) is 5. The number of hydrogen-bond donors (Lipinski definition) is 2. The van der Waals surface area contributed by atoms with E-state index in [1.165, 1.54) is 0 Å². The molecule has 0 aromatic heterocycles. The maximum Gasteiger partial charge on any atom is 0.243 e. The molecule has 0 atom stereocenters. The van der Waals surface area contributed by atoms with Crippen LogP contribution < -0.4 is 24.8 Å². The average molecular weight is 344 g/mol. The zero-order valence-electron chi connectivity index (χ0n) is 14.8. The van der Waals surface area contributed by atoms with Gasteiger partial charge in [-0.15, -0.1) is 0 Å². The van der Waals surface area contributed by atoms with Crippen LogP contribution in [0.4, 0.5) is 11.4 Å². The SMILES string of the molecule is CCCOc1ccc(NC(=O)CNc2cc(OC)ccc2OC)cc1. The van der Waals surface area contributed by atoms with Crippen LogP contribution in [0.15, 0.2) is 42.5 Å². The number of nitrogens with one attached hydrogen (secondary N) is 2. The van der Waals surface area contributed by atoms with Gasteiger partial charge in [-0.3, -0.25) is 4.79 Å². The third-order valence-corrected chi connectivity index (χ3v) is 3.46. The first-order valence-corrected chi connectivity index (χ1v) is 8.15. The summed E-state index contributed by atoms with van der Waals surface area (Å²) in [5, 5.41) is 5.89. The van der Waals surface area contributed by atoms with Gasteiger partial charge in [-0.25, -0.2) is 0 Å². The van der Waals surface area contributed by atoms with Crippen molar-refractivity contribution in [3.63, 3.8) is 0 Å². The smallest absolute Gasteiger partial charge is 0.243 e. The summed E-state index contributed by atoms with van der Waals surface area (Å²) >= 11 is 0. The molecule has 0 bridgehead atoms. The van der Waals surface area contributed by atoms with Crippen molar-refractivity contribution >= 4 is 17.3 Å². The quantitative estimate of drug-likeness (QED) is 0.728. The van der Waals surface area contributed by atoms with Crippen LogP contribution in [-0.2, 0) is 4.79 Å². The minimum absolute atomic E-state index is 0.109.